The maximum atomic E-state index is 11.5. The first kappa shape index (κ1) is 13.9. The standard InChI is InChI=1S/C15H22N2O2/c18-12-15(8-9-15)11-17-14(19)16-10-4-7-13-5-2-1-3-6-13/h1-3,5-6,18H,4,7-12H2,(H2,16,17,19). The molecule has 2 amide bonds. The third-order valence-corrected chi connectivity index (χ3v) is 3.69. The van der Waals surface area contributed by atoms with Gasteiger partial charge in [-0.3, -0.25) is 0 Å². The molecular weight excluding hydrogens is 240 g/mol. The number of rotatable bonds is 7. The van der Waals surface area contributed by atoms with Crippen LogP contribution in [0, 0.1) is 5.41 Å². The lowest BCUT2D eigenvalue weighted by atomic mass is 10.1. The van der Waals surface area contributed by atoms with E-state index in [1.54, 1.807) is 0 Å². The van der Waals surface area contributed by atoms with Crippen molar-refractivity contribution in [2.24, 2.45) is 5.41 Å². The second kappa shape index (κ2) is 6.57. The summed E-state index contributed by atoms with van der Waals surface area (Å²) in [6.45, 7) is 1.42. The molecule has 1 aromatic rings. The van der Waals surface area contributed by atoms with E-state index in [0.717, 1.165) is 25.7 Å². The lowest BCUT2D eigenvalue weighted by Gasteiger charge is -2.13. The number of aryl methyl sites for hydroxylation is 1. The number of aliphatic hydroxyl groups is 1. The molecule has 1 aliphatic carbocycles. The Bertz CT molecular complexity index is 402. The molecule has 0 radical (unpaired) electrons. The largest absolute Gasteiger partial charge is 0.396 e. The molecule has 0 atom stereocenters. The molecule has 0 spiro atoms. The molecule has 0 aliphatic heterocycles. The van der Waals surface area contributed by atoms with E-state index < -0.39 is 0 Å². The molecule has 2 rings (SSSR count). The van der Waals surface area contributed by atoms with Crippen molar-refractivity contribution in [3.05, 3.63) is 35.9 Å². The summed E-state index contributed by atoms with van der Waals surface area (Å²) < 4.78 is 0. The summed E-state index contributed by atoms with van der Waals surface area (Å²) in [6, 6.07) is 10.1. The van der Waals surface area contributed by atoms with Crippen LogP contribution in [0.15, 0.2) is 30.3 Å². The zero-order valence-corrected chi connectivity index (χ0v) is 11.2. The van der Waals surface area contributed by atoms with Crippen LogP contribution in [-0.2, 0) is 6.42 Å². The van der Waals surface area contributed by atoms with Gasteiger partial charge in [0, 0.05) is 18.5 Å². The van der Waals surface area contributed by atoms with Crippen molar-refractivity contribution < 1.29 is 9.90 Å². The number of aliphatic hydroxyl groups excluding tert-OH is 1. The highest BCUT2D eigenvalue weighted by Gasteiger charge is 2.41. The Kier molecular flexibility index (Phi) is 4.80. The first-order valence-electron chi connectivity index (χ1n) is 6.91. The molecule has 0 aromatic heterocycles. The summed E-state index contributed by atoms with van der Waals surface area (Å²) in [6.07, 6.45) is 3.93. The van der Waals surface area contributed by atoms with E-state index in [2.05, 4.69) is 22.8 Å². The van der Waals surface area contributed by atoms with Crippen LogP contribution in [0.2, 0.25) is 0 Å². The maximum absolute atomic E-state index is 11.5. The van der Waals surface area contributed by atoms with Crippen LogP contribution in [0.4, 0.5) is 4.79 Å². The zero-order valence-electron chi connectivity index (χ0n) is 11.2. The van der Waals surface area contributed by atoms with Gasteiger partial charge in [-0.15, -0.1) is 0 Å². The van der Waals surface area contributed by atoms with E-state index >= 15 is 0 Å². The molecule has 3 N–H and O–H groups in total. The minimum Gasteiger partial charge on any atom is -0.396 e. The molecule has 0 unspecified atom stereocenters. The van der Waals surface area contributed by atoms with Gasteiger partial charge in [0.15, 0.2) is 0 Å². The molecule has 4 heteroatoms. The van der Waals surface area contributed by atoms with Crippen LogP contribution >= 0.6 is 0 Å². The predicted molar refractivity (Wildman–Crippen MR) is 74.9 cm³/mol. The van der Waals surface area contributed by atoms with E-state index in [-0.39, 0.29) is 18.1 Å². The number of carbonyl (C=O) groups is 1. The molecule has 4 nitrogen and oxygen atoms in total. The second-order valence-corrected chi connectivity index (χ2v) is 5.36. The van der Waals surface area contributed by atoms with Crippen molar-refractivity contribution in [1.82, 2.24) is 10.6 Å². The van der Waals surface area contributed by atoms with Gasteiger partial charge >= 0.3 is 6.03 Å². The van der Waals surface area contributed by atoms with Crippen LogP contribution in [0.25, 0.3) is 0 Å². The van der Waals surface area contributed by atoms with Gasteiger partial charge in [-0.05, 0) is 31.2 Å². The van der Waals surface area contributed by atoms with Crippen molar-refractivity contribution in [1.29, 1.82) is 0 Å². The van der Waals surface area contributed by atoms with Gasteiger partial charge in [-0.25, -0.2) is 4.79 Å². The van der Waals surface area contributed by atoms with Gasteiger partial charge in [0.1, 0.15) is 0 Å². The Morgan fingerprint density at radius 1 is 1.21 bits per heavy atom. The van der Waals surface area contributed by atoms with Crippen LogP contribution in [0.1, 0.15) is 24.8 Å². The Balaban J connectivity index is 1.54. The van der Waals surface area contributed by atoms with Crippen molar-refractivity contribution in [2.75, 3.05) is 19.7 Å². The van der Waals surface area contributed by atoms with Gasteiger partial charge in [0.25, 0.3) is 0 Å². The van der Waals surface area contributed by atoms with E-state index in [4.69, 9.17) is 5.11 Å². The fourth-order valence-corrected chi connectivity index (χ4v) is 2.04. The Morgan fingerprint density at radius 2 is 1.95 bits per heavy atom. The average molecular weight is 262 g/mol. The quantitative estimate of drug-likeness (QED) is 0.655. The molecule has 19 heavy (non-hydrogen) atoms. The molecule has 0 bridgehead atoms. The molecule has 1 aromatic carbocycles. The van der Waals surface area contributed by atoms with Crippen molar-refractivity contribution in [2.45, 2.75) is 25.7 Å². The summed E-state index contributed by atoms with van der Waals surface area (Å²) in [5.74, 6) is 0. The number of carbonyl (C=O) groups excluding carboxylic acids is 1. The second-order valence-electron chi connectivity index (χ2n) is 5.36. The number of hydrogen-bond acceptors (Lipinski definition) is 2. The highest BCUT2D eigenvalue weighted by atomic mass is 16.3. The fraction of sp³-hybridized carbons (Fsp3) is 0.533. The lowest BCUT2D eigenvalue weighted by molar-refractivity contribution is 0.203. The van der Waals surface area contributed by atoms with Gasteiger partial charge in [-0.2, -0.15) is 0 Å². The van der Waals surface area contributed by atoms with E-state index in [1.165, 1.54) is 5.56 Å². The number of amides is 2. The lowest BCUT2D eigenvalue weighted by Crippen LogP contribution is -2.40. The first-order chi connectivity index (χ1) is 9.24. The smallest absolute Gasteiger partial charge is 0.314 e. The van der Waals surface area contributed by atoms with Crippen molar-refractivity contribution >= 4 is 6.03 Å². The number of nitrogens with one attached hydrogen (secondary N) is 2. The third kappa shape index (κ3) is 4.56. The van der Waals surface area contributed by atoms with E-state index in [1.807, 2.05) is 18.2 Å². The molecule has 0 heterocycles. The average Bonchev–Trinajstić information content (AvgIpc) is 3.23. The molecule has 1 fully saturated rings. The fourth-order valence-electron chi connectivity index (χ4n) is 2.04. The SMILES string of the molecule is O=C(NCCCc1ccccc1)NCC1(CO)CC1. The molecular formula is C15H22N2O2. The van der Waals surface area contributed by atoms with Crippen molar-refractivity contribution in [3.8, 4) is 0 Å². The summed E-state index contributed by atoms with van der Waals surface area (Å²) in [7, 11) is 0. The highest BCUT2D eigenvalue weighted by Crippen LogP contribution is 2.44. The third-order valence-electron chi connectivity index (χ3n) is 3.69. The summed E-state index contributed by atoms with van der Waals surface area (Å²) >= 11 is 0. The number of hydrogen-bond donors (Lipinski definition) is 3. The van der Waals surface area contributed by atoms with Crippen LogP contribution in [-0.4, -0.2) is 30.8 Å². The minimum atomic E-state index is -0.132. The van der Waals surface area contributed by atoms with E-state index in [9.17, 15) is 4.79 Å². The van der Waals surface area contributed by atoms with Gasteiger partial charge in [0.05, 0.1) is 6.61 Å². The summed E-state index contributed by atoms with van der Waals surface area (Å²) in [5.41, 5.74) is 1.27. The molecule has 104 valence electrons. The van der Waals surface area contributed by atoms with Crippen LogP contribution in [0.5, 0.6) is 0 Å². The molecule has 1 aliphatic rings. The van der Waals surface area contributed by atoms with Gasteiger partial charge in [-0.1, -0.05) is 30.3 Å². The van der Waals surface area contributed by atoms with Crippen molar-refractivity contribution in [3.63, 3.8) is 0 Å². The summed E-state index contributed by atoms with van der Waals surface area (Å²) in [5, 5.41) is 14.8. The van der Waals surface area contributed by atoms with Gasteiger partial charge in [0.2, 0.25) is 0 Å². The topological polar surface area (TPSA) is 61.4 Å². The maximum Gasteiger partial charge on any atom is 0.314 e. The normalized spacial score (nSPS) is 15.8. The van der Waals surface area contributed by atoms with Crippen LogP contribution in [0.3, 0.4) is 0 Å². The molecule has 0 saturated heterocycles. The molecule has 1 saturated carbocycles. The Hall–Kier alpha value is -1.55. The van der Waals surface area contributed by atoms with Gasteiger partial charge < -0.3 is 15.7 Å². The van der Waals surface area contributed by atoms with E-state index in [0.29, 0.717) is 13.1 Å². The number of urea groups is 1. The highest BCUT2D eigenvalue weighted by molar-refractivity contribution is 5.73. The van der Waals surface area contributed by atoms with Crippen LogP contribution < -0.4 is 10.6 Å². The Morgan fingerprint density at radius 3 is 2.58 bits per heavy atom. The minimum absolute atomic E-state index is 0.0264. The number of benzene rings is 1. The predicted octanol–water partition coefficient (Wildman–Crippen LogP) is 1.69. The monoisotopic (exact) mass is 262 g/mol. The Labute approximate surface area is 114 Å². The first-order valence-corrected chi connectivity index (χ1v) is 6.91. The zero-order chi connectivity index (χ0) is 13.6. The summed E-state index contributed by atoms with van der Waals surface area (Å²) in [4.78, 5) is 11.5.